The SMILES string of the molecule is CCCS(=O)(=O)c1cccc(OP(=O)(CC)SCC(=NOC)OC(=O)N(C)C)c1. The molecular weight excluding hydrogens is 439 g/mol. The van der Waals surface area contributed by atoms with Crippen LogP contribution in [-0.2, 0) is 24.0 Å². The molecule has 164 valence electrons. The first-order chi connectivity index (χ1) is 13.6. The Kier molecular flexibility index (Phi) is 10.0. The zero-order chi connectivity index (χ0) is 22.1. The predicted molar refractivity (Wildman–Crippen MR) is 115 cm³/mol. The van der Waals surface area contributed by atoms with Crippen LogP contribution in [0.5, 0.6) is 5.75 Å². The topological polar surface area (TPSA) is 112 Å². The molecule has 0 aliphatic carbocycles. The van der Waals surface area contributed by atoms with Crippen molar-refractivity contribution in [2.24, 2.45) is 5.16 Å². The van der Waals surface area contributed by atoms with Crippen LogP contribution in [0.4, 0.5) is 4.79 Å². The standard InChI is InChI=1S/C17H27N2O7PS2/c1-6-11-29(22,23)15-10-8-9-14(12-15)26-27(21,7-2)28-13-16(18-24-5)25-17(20)19(3)4/h8-10,12H,6-7,11,13H2,1-5H3. The zero-order valence-electron chi connectivity index (χ0n) is 17.2. The molecule has 1 atom stereocenters. The van der Waals surface area contributed by atoms with E-state index < -0.39 is 22.5 Å². The third-order valence-electron chi connectivity index (χ3n) is 3.42. The van der Waals surface area contributed by atoms with Crippen molar-refractivity contribution in [2.45, 2.75) is 25.2 Å². The van der Waals surface area contributed by atoms with Gasteiger partial charge in [-0.3, -0.25) is 4.57 Å². The summed E-state index contributed by atoms with van der Waals surface area (Å²) in [4.78, 5) is 17.7. The number of ether oxygens (including phenoxy) is 1. The predicted octanol–water partition coefficient (Wildman–Crippen LogP) is 3.85. The number of rotatable bonds is 10. The van der Waals surface area contributed by atoms with Crippen molar-refractivity contribution >= 4 is 39.8 Å². The van der Waals surface area contributed by atoms with Gasteiger partial charge in [0.15, 0.2) is 9.84 Å². The average molecular weight is 467 g/mol. The molecule has 0 saturated heterocycles. The number of hydrogen-bond donors (Lipinski definition) is 0. The lowest BCUT2D eigenvalue weighted by atomic mass is 10.3. The van der Waals surface area contributed by atoms with Crippen molar-refractivity contribution < 1.29 is 31.9 Å². The summed E-state index contributed by atoms with van der Waals surface area (Å²) in [6.07, 6.45) is 0.0117. The average Bonchev–Trinajstić information content (AvgIpc) is 2.66. The molecule has 0 saturated carbocycles. The van der Waals surface area contributed by atoms with E-state index in [0.717, 1.165) is 11.4 Å². The Bertz CT molecular complexity index is 872. The number of benzene rings is 1. The van der Waals surface area contributed by atoms with Crippen LogP contribution in [0.2, 0.25) is 0 Å². The highest BCUT2D eigenvalue weighted by Crippen LogP contribution is 2.58. The van der Waals surface area contributed by atoms with Gasteiger partial charge < -0.3 is 19.0 Å². The monoisotopic (exact) mass is 466 g/mol. The molecule has 12 heteroatoms. The number of oxime groups is 1. The largest absolute Gasteiger partial charge is 0.436 e. The third kappa shape index (κ3) is 8.28. The van der Waals surface area contributed by atoms with E-state index in [1.165, 1.54) is 38.2 Å². The smallest absolute Gasteiger partial charge is 0.415 e. The molecule has 9 nitrogen and oxygen atoms in total. The fourth-order valence-electron chi connectivity index (χ4n) is 1.98. The Morgan fingerprint density at radius 2 is 1.97 bits per heavy atom. The fourth-order valence-corrected chi connectivity index (χ4v) is 6.43. The molecule has 0 aromatic heterocycles. The summed E-state index contributed by atoms with van der Waals surface area (Å²) in [6.45, 7) is 0.191. The van der Waals surface area contributed by atoms with E-state index in [0.29, 0.717) is 6.42 Å². The van der Waals surface area contributed by atoms with Crippen LogP contribution >= 0.6 is 18.0 Å². The lowest BCUT2D eigenvalue weighted by Crippen LogP contribution is -2.26. The number of carbonyl (C=O) groups is 1. The van der Waals surface area contributed by atoms with Gasteiger partial charge in [-0.05, 0) is 36.0 Å². The summed E-state index contributed by atoms with van der Waals surface area (Å²) < 4.78 is 48.3. The van der Waals surface area contributed by atoms with Crippen molar-refractivity contribution in [3.63, 3.8) is 0 Å². The Balaban J connectivity index is 2.94. The zero-order valence-corrected chi connectivity index (χ0v) is 19.7. The molecule has 1 aromatic rings. The maximum Gasteiger partial charge on any atom is 0.415 e. The summed E-state index contributed by atoms with van der Waals surface area (Å²) in [7, 11) is 0.901. The quantitative estimate of drug-likeness (QED) is 0.221. The molecule has 29 heavy (non-hydrogen) atoms. The van der Waals surface area contributed by atoms with E-state index in [1.54, 1.807) is 26.0 Å². The van der Waals surface area contributed by atoms with Gasteiger partial charge in [-0.1, -0.05) is 25.1 Å². The number of carbonyl (C=O) groups excluding carboxylic acids is 1. The van der Waals surface area contributed by atoms with Crippen molar-refractivity contribution in [3.05, 3.63) is 24.3 Å². The summed E-state index contributed by atoms with van der Waals surface area (Å²) in [5.41, 5.74) is 0. The summed E-state index contributed by atoms with van der Waals surface area (Å²) in [6, 6.07) is 5.93. The molecule has 0 bridgehead atoms. The lowest BCUT2D eigenvalue weighted by Gasteiger charge is -2.18. The molecule has 0 heterocycles. The fraction of sp³-hybridized carbons (Fsp3) is 0.529. The second kappa shape index (κ2) is 11.5. The van der Waals surface area contributed by atoms with E-state index in [9.17, 15) is 17.8 Å². The van der Waals surface area contributed by atoms with Crippen LogP contribution in [0.3, 0.4) is 0 Å². The first-order valence-electron chi connectivity index (χ1n) is 8.82. The Morgan fingerprint density at radius 1 is 1.28 bits per heavy atom. The van der Waals surface area contributed by atoms with Gasteiger partial charge >= 0.3 is 12.7 Å². The molecule has 1 unspecified atom stereocenters. The van der Waals surface area contributed by atoms with Gasteiger partial charge in [-0.15, -0.1) is 0 Å². The van der Waals surface area contributed by atoms with Gasteiger partial charge in [0.05, 0.1) is 16.4 Å². The molecule has 0 radical (unpaired) electrons. The number of amides is 1. The van der Waals surface area contributed by atoms with Crippen LogP contribution in [-0.4, -0.2) is 64.2 Å². The highest BCUT2D eigenvalue weighted by molar-refractivity contribution is 8.56. The minimum absolute atomic E-state index is 0.0186. The molecule has 0 spiro atoms. The van der Waals surface area contributed by atoms with Crippen molar-refractivity contribution in [3.8, 4) is 5.75 Å². The van der Waals surface area contributed by atoms with Gasteiger partial charge in [-0.2, -0.15) is 0 Å². The van der Waals surface area contributed by atoms with Gasteiger partial charge in [0.2, 0.25) is 5.90 Å². The number of hydrogen-bond acceptors (Lipinski definition) is 9. The molecule has 0 fully saturated rings. The van der Waals surface area contributed by atoms with E-state index in [1.807, 2.05) is 0 Å². The van der Waals surface area contributed by atoms with E-state index >= 15 is 0 Å². The van der Waals surface area contributed by atoms with Crippen molar-refractivity contribution in [1.82, 2.24) is 4.90 Å². The molecule has 0 N–H and O–H groups in total. The van der Waals surface area contributed by atoms with Crippen LogP contribution in [0.1, 0.15) is 20.3 Å². The second-order valence-electron chi connectivity index (χ2n) is 6.02. The van der Waals surface area contributed by atoms with Gasteiger partial charge in [0, 0.05) is 20.3 Å². The van der Waals surface area contributed by atoms with E-state index in [4.69, 9.17) is 9.26 Å². The maximum atomic E-state index is 13.1. The van der Waals surface area contributed by atoms with Crippen LogP contribution in [0.15, 0.2) is 34.3 Å². The normalized spacial score (nSPS) is 14.0. The first-order valence-corrected chi connectivity index (χ1v) is 13.9. The van der Waals surface area contributed by atoms with Gasteiger partial charge in [0.25, 0.3) is 0 Å². The van der Waals surface area contributed by atoms with Crippen LogP contribution < -0.4 is 4.52 Å². The van der Waals surface area contributed by atoms with Gasteiger partial charge in [-0.25, -0.2) is 13.2 Å². The highest BCUT2D eigenvalue weighted by Gasteiger charge is 2.26. The molecule has 1 amide bonds. The molecule has 0 aliphatic rings. The Morgan fingerprint density at radius 3 is 2.52 bits per heavy atom. The van der Waals surface area contributed by atoms with Crippen molar-refractivity contribution in [1.29, 1.82) is 0 Å². The summed E-state index contributed by atoms with van der Waals surface area (Å²) >= 11 is 0.921. The lowest BCUT2D eigenvalue weighted by molar-refractivity contribution is 0.157. The minimum Gasteiger partial charge on any atom is -0.436 e. The molecule has 1 aromatic carbocycles. The summed E-state index contributed by atoms with van der Waals surface area (Å²) in [5, 5.41) is 3.63. The number of nitrogens with zero attached hydrogens (tertiary/aromatic N) is 2. The van der Waals surface area contributed by atoms with Crippen LogP contribution in [0.25, 0.3) is 0 Å². The van der Waals surface area contributed by atoms with E-state index in [-0.39, 0.29) is 34.2 Å². The third-order valence-corrected chi connectivity index (χ3v) is 9.93. The Hall–Kier alpha value is -1.71. The summed E-state index contributed by atoms with van der Waals surface area (Å²) in [5.74, 6) is 0.111. The van der Waals surface area contributed by atoms with Crippen molar-refractivity contribution in [2.75, 3.05) is 38.9 Å². The minimum atomic E-state index is -3.42. The van der Waals surface area contributed by atoms with E-state index in [2.05, 4.69) is 9.99 Å². The Labute approximate surface area is 175 Å². The molecule has 1 rings (SSSR count). The molecule has 0 aliphatic heterocycles. The maximum absolute atomic E-state index is 13.1. The first kappa shape index (κ1) is 25.3. The highest BCUT2D eigenvalue weighted by atomic mass is 32.7. The number of sulfone groups is 1. The second-order valence-corrected chi connectivity index (χ2v) is 13.2. The van der Waals surface area contributed by atoms with Crippen LogP contribution in [0, 0.1) is 0 Å². The van der Waals surface area contributed by atoms with Gasteiger partial charge in [0.1, 0.15) is 12.9 Å². The molecular formula is C17H27N2O7PS2.